The van der Waals surface area contributed by atoms with E-state index in [9.17, 15) is 23.2 Å². The van der Waals surface area contributed by atoms with Gasteiger partial charge in [-0.15, -0.1) is 11.3 Å². The van der Waals surface area contributed by atoms with Gasteiger partial charge in [-0.2, -0.15) is 8.78 Å². The fourth-order valence-electron chi connectivity index (χ4n) is 3.29. The molecule has 184 valence electrons. The maximum atomic E-state index is 13.1. The van der Waals surface area contributed by atoms with Crippen LogP contribution < -0.4 is 19.9 Å². The summed E-state index contributed by atoms with van der Waals surface area (Å²) in [4.78, 5) is 39.5. The lowest BCUT2D eigenvalue weighted by Crippen LogP contribution is -2.34. The molecule has 9 nitrogen and oxygen atoms in total. The van der Waals surface area contributed by atoms with Gasteiger partial charge in [-0.25, -0.2) is 4.79 Å². The number of thiophene rings is 1. The lowest BCUT2D eigenvalue weighted by molar-refractivity contribution is -0.111. The van der Waals surface area contributed by atoms with Gasteiger partial charge in [-0.1, -0.05) is 0 Å². The highest BCUT2D eigenvalue weighted by Crippen LogP contribution is 2.36. The molecule has 1 saturated heterocycles. The molecule has 34 heavy (non-hydrogen) atoms. The smallest absolute Gasteiger partial charge is 0.414 e. The first-order chi connectivity index (χ1) is 16.3. The van der Waals surface area contributed by atoms with Crippen LogP contribution >= 0.6 is 11.3 Å². The van der Waals surface area contributed by atoms with E-state index in [-0.39, 0.29) is 43.6 Å². The van der Waals surface area contributed by atoms with Crippen LogP contribution in [0.2, 0.25) is 0 Å². The third kappa shape index (κ3) is 6.64. The van der Waals surface area contributed by atoms with Crippen LogP contribution in [-0.2, 0) is 14.3 Å². The molecule has 1 aliphatic heterocycles. The Bertz CT molecular complexity index is 1020. The Morgan fingerprint density at radius 2 is 2.18 bits per heavy atom. The van der Waals surface area contributed by atoms with E-state index >= 15 is 0 Å². The van der Waals surface area contributed by atoms with Gasteiger partial charge in [0, 0.05) is 30.2 Å². The number of benzene rings is 1. The summed E-state index contributed by atoms with van der Waals surface area (Å²) in [5.74, 6) is -0.470. The standard InChI is InChI=1S/C22H25F2N3O6S/c1-14-3-6-19(34-14)20(29)25-12-16-13-27(22(30)32-16)17-5-4-15(11-18(17)33-21(23)24)26(2)7-9-31-10-8-28/h3-6,8,11,16,21H,7,9-10,12-13H2,1-2H3,(H,25,29). The molecule has 0 aliphatic carbocycles. The van der Waals surface area contributed by atoms with Crippen molar-refractivity contribution in [2.24, 2.45) is 0 Å². The number of nitrogens with one attached hydrogen (secondary N) is 1. The van der Waals surface area contributed by atoms with Crippen LogP contribution in [0.25, 0.3) is 0 Å². The molecule has 1 aromatic heterocycles. The van der Waals surface area contributed by atoms with Crippen molar-refractivity contribution < 1.29 is 37.4 Å². The van der Waals surface area contributed by atoms with Crippen LogP contribution in [0.4, 0.5) is 25.0 Å². The SMILES string of the molecule is Cc1ccc(C(=O)NCC2CN(c3ccc(N(C)CCOCC=O)cc3OC(F)F)C(=O)O2)s1. The van der Waals surface area contributed by atoms with Gasteiger partial charge < -0.3 is 29.2 Å². The van der Waals surface area contributed by atoms with Crippen molar-refractivity contribution in [2.45, 2.75) is 19.6 Å². The number of hydrogen-bond acceptors (Lipinski definition) is 8. The fourth-order valence-corrected chi connectivity index (χ4v) is 4.07. The highest BCUT2D eigenvalue weighted by Gasteiger charge is 2.35. The molecule has 3 rings (SSSR count). The molecule has 2 aromatic rings. The van der Waals surface area contributed by atoms with Crippen LogP contribution in [0, 0.1) is 6.92 Å². The zero-order chi connectivity index (χ0) is 24.7. The number of amides is 2. The minimum Gasteiger partial charge on any atom is -0.442 e. The first-order valence-corrected chi connectivity index (χ1v) is 11.2. The molecule has 1 atom stereocenters. The molecule has 1 aromatic carbocycles. The van der Waals surface area contributed by atoms with Crippen molar-refractivity contribution in [3.8, 4) is 5.75 Å². The minimum atomic E-state index is -3.10. The number of carbonyl (C=O) groups excluding carboxylic acids is 3. The third-order valence-corrected chi connectivity index (χ3v) is 5.98. The molecular formula is C22H25F2N3O6S. The number of halogens is 2. The van der Waals surface area contributed by atoms with Crippen molar-refractivity contribution in [3.05, 3.63) is 40.1 Å². The first-order valence-electron chi connectivity index (χ1n) is 10.4. The van der Waals surface area contributed by atoms with E-state index in [1.807, 2.05) is 13.0 Å². The van der Waals surface area contributed by atoms with Crippen molar-refractivity contribution >= 4 is 41.0 Å². The van der Waals surface area contributed by atoms with Crippen LogP contribution in [0.15, 0.2) is 30.3 Å². The highest BCUT2D eigenvalue weighted by atomic mass is 32.1. The van der Waals surface area contributed by atoms with Crippen molar-refractivity contribution in [3.63, 3.8) is 0 Å². The molecule has 1 unspecified atom stereocenters. The zero-order valence-corrected chi connectivity index (χ0v) is 19.5. The second-order valence-corrected chi connectivity index (χ2v) is 8.72. The Hall–Kier alpha value is -3.25. The average Bonchev–Trinajstić information content (AvgIpc) is 3.40. The lowest BCUT2D eigenvalue weighted by atomic mass is 10.2. The van der Waals surface area contributed by atoms with Gasteiger partial charge in [0.1, 0.15) is 19.0 Å². The van der Waals surface area contributed by atoms with Gasteiger partial charge in [0.15, 0.2) is 5.75 Å². The van der Waals surface area contributed by atoms with Gasteiger partial charge in [-0.3, -0.25) is 9.69 Å². The predicted molar refractivity (Wildman–Crippen MR) is 122 cm³/mol. The van der Waals surface area contributed by atoms with Gasteiger partial charge >= 0.3 is 12.7 Å². The number of cyclic esters (lactones) is 1. The summed E-state index contributed by atoms with van der Waals surface area (Å²) in [7, 11) is 1.73. The zero-order valence-electron chi connectivity index (χ0n) is 18.7. The van der Waals surface area contributed by atoms with Gasteiger partial charge in [0.25, 0.3) is 5.91 Å². The first kappa shape index (κ1) is 25.4. The van der Waals surface area contributed by atoms with E-state index in [0.717, 1.165) is 4.88 Å². The summed E-state index contributed by atoms with van der Waals surface area (Å²) < 4.78 is 41.3. The maximum Gasteiger partial charge on any atom is 0.414 e. The summed E-state index contributed by atoms with van der Waals surface area (Å²) in [6.07, 6.45) is -0.747. The van der Waals surface area contributed by atoms with Crippen LogP contribution in [0.5, 0.6) is 5.75 Å². The third-order valence-electron chi connectivity index (χ3n) is 4.98. The molecule has 0 spiro atoms. The maximum absolute atomic E-state index is 13.1. The van der Waals surface area contributed by atoms with Crippen molar-refractivity contribution in [1.29, 1.82) is 0 Å². The summed E-state index contributed by atoms with van der Waals surface area (Å²) in [6, 6.07) is 8.08. The molecule has 2 heterocycles. The number of anilines is 2. The molecule has 0 bridgehead atoms. The Morgan fingerprint density at radius 1 is 1.38 bits per heavy atom. The Balaban J connectivity index is 1.67. The van der Waals surface area contributed by atoms with Crippen LogP contribution in [-0.4, -0.2) is 70.9 Å². The monoisotopic (exact) mass is 497 g/mol. The lowest BCUT2D eigenvalue weighted by Gasteiger charge is -2.23. The quantitative estimate of drug-likeness (QED) is 0.356. The second kappa shape index (κ2) is 11.7. The number of nitrogens with zero attached hydrogens (tertiary/aromatic N) is 2. The van der Waals surface area contributed by atoms with Gasteiger partial charge in [0.2, 0.25) is 0 Å². The molecule has 12 heteroatoms. The van der Waals surface area contributed by atoms with Crippen molar-refractivity contribution in [1.82, 2.24) is 5.32 Å². The Morgan fingerprint density at radius 3 is 2.85 bits per heavy atom. The average molecular weight is 498 g/mol. The Kier molecular flexibility index (Phi) is 8.77. The minimum absolute atomic E-state index is 0.0296. The number of aryl methyl sites for hydroxylation is 1. The van der Waals surface area contributed by atoms with Gasteiger partial charge in [-0.05, 0) is 31.2 Å². The normalized spacial score (nSPS) is 15.4. The van der Waals surface area contributed by atoms with Crippen molar-refractivity contribution in [2.75, 3.05) is 49.7 Å². The van der Waals surface area contributed by atoms with E-state index < -0.39 is 18.8 Å². The van der Waals surface area contributed by atoms with E-state index in [1.54, 1.807) is 24.1 Å². The van der Waals surface area contributed by atoms with E-state index in [1.165, 1.54) is 28.4 Å². The number of likely N-dealkylation sites (N-methyl/N-ethyl adjacent to an activating group) is 1. The second-order valence-electron chi connectivity index (χ2n) is 7.43. The number of aldehydes is 1. The summed E-state index contributed by atoms with van der Waals surface area (Å²) >= 11 is 1.35. The van der Waals surface area contributed by atoms with E-state index in [4.69, 9.17) is 9.47 Å². The summed E-state index contributed by atoms with van der Waals surface area (Å²) in [5.41, 5.74) is 0.680. The largest absolute Gasteiger partial charge is 0.442 e. The molecule has 1 aliphatic rings. The molecule has 0 radical (unpaired) electrons. The summed E-state index contributed by atoms with van der Waals surface area (Å²) in [5, 5.41) is 2.72. The number of ether oxygens (including phenoxy) is 3. The van der Waals surface area contributed by atoms with Gasteiger partial charge in [0.05, 0.1) is 30.3 Å². The Labute approximate surface area is 199 Å². The molecule has 0 saturated carbocycles. The molecule has 1 fully saturated rings. The number of rotatable bonds is 12. The molecular weight excluding hydrogens is 472 g/mol. The van der Waals surface area contributed by atoms with E-state index in [0.29, 0.717) is 23.4 Å². The number of alkyl halides is 2. The topological polar surface area (TPSA) is 97.4 Å². The number of carbonyl (C=O) groups is 3. The van der Waals surface area contributed by atoms with Crippen LogP contribution in [0.3, 0.4) is 0 Å². The summed E-state index contributed by atoms with van der Waals surface area (Å²) in [6.45, 7) is -0.447. The predicted octanol–water partition coefficient (Wildman–Crippen LogP) is 3.06. The highest BCUT2D eigenvalue weighted by molar-refractivity contribution is 7.13. The fraction of sp³-hybridized carbons (Fsp3) is 0.409. The van der Waals surface area contributed by atoms with E-state index in [2.05, 4.69) is 10.1 Å². The molecule has 1 N–H and O–H groups in total. The number of hydrogen-bond donors (Lipinski definition) is 1. The van der Waals surface area contributed by atoms with Crippen LogP contribution in [0.1, 0.15) is 14.5 Å². The molecule has 2 amide bonds.